The molecule has 166 valence electrons. The molecule has 3 rings (SSSR count). The molecule has 2 aromatic rings. The van der Waals surface area contributed by atoms with E-state index in [2.05, 4.69) is 40.4 Å². The summed E-state index contributed by atoms with van der Waals surface area (Å²) in [5, 5.41) is 5.92. The van der Waals surface area contributed by atoms with Gasteiger partial charge in [0.05, 0.1) is 17.2 Å². The highest BCUT2D eigenvalue weighted by atomic mass is 79.9. The zero-order valence-electron chi connectivity index (χ0n) is 17.7. The summed E-state index contributed by atoms with van der Waals surface area (Å²) >= 11 is 8.72. The number of anilines is 1. The fraction of sp³-hybridized carbons (Fsp3) is 0.391. The Morgan fingerprint density at radius 3 is 2.65 bits per heavy atom. The van der Waals surface area contributed by atoms with Crippen molar-refractivity contribution < 1.29 is 19.0 Å². The zero-order chi connectivity index (χ0) is 22.2. The average molecular weight is 507 g/mol. The highest BCUT2D eigenvalue weighted by Gasteiger charge is 2.16. The third-order valence-electron chi connectivity index (χ3n) is 4.57. The van der Waals surface area contributed by atoms with Gasteiger partial charge in [-0.25, -0.2) is 0 Å². The average Bonchev–Trinajstić information content (AvgIpc) is 3.26. The lowest BCUT2D eigenvalue weighted by molar-refractivity contribution is 0.0679. The van der Waals surface area contributed by atoms with Crippen LogP contribution in [0.3, 0.4) is 0 Å². The number of carbonyl (C=O) groups excluding carboxylic acids is 1. The molecule has 0 spiro atoms. The Bertz CT molecular complexity index is 899. The van der Waals surface area contributed by atoms with Crippen LogP contribution in [0, 0.1) is 5.92 Å². The first-order valence-corrected chi connectivity index (χ1v) is 11.5. The Morgan fingerprint density at radius 2 is 2.00 bits per heavy atom. The Labute approximate surface area is 196 Å². The van der Waals surface area contributed by atoms with Crippen molar-refractivity contribution in [3.8, 4) is 11.5 Å². The van der Waals surface area contributed by atoms with Crippen molar-refractivity contribution in [1.29, 1.82) is 0 Å². The molecular weight excluding hydrogens is 480 g/mol. The van der Waals surface area contributed by atoms with Gasteiger partial charge in [-0.3, -0.25) is 10.1 Å². The molecular formula is C23H27BrN2O4S. The van der Waals surface area contributed by atoms with Crippen molar-refractivity contribution in [2.24, 2.45) is 5.92 Å². The predicted octanol–water partition coefficient (Wildman–Crippen LogP) is 5.17. The predicted molar refractivity (Wildman–Crippen MR) is 129 cm³/mol. The maximum Gasteiger partial charge on any atom is 0.257 e. The van der Waals surface area contributed by atoms with Crippen molar-refractivity contribution in [2.45, 2.75) is 32.8 Å². The van der Waals surface area contributed by atoms with Gasteiger partial charge in [0.25, 0.3) is 5.91 Å². The molecule has 6 nitrogen and oxygen atoms in total. The molecule has 8 heteroatoms. The molecule has 31 heavy (non-hydrogen) atoms. The van der Waals surface area contributed by atoms with Gasteiger partial charge in [-0.1, -0.05) is 13.8 Å². The van der Waals surface area contributed by atoms with Gasteiger partial charge in [0.1, 0.15) is 18.1 Å². The SMILES string of the molecule is CC(C)COc1ccc(C(=O)NC(=S)Nc2ccc(OCC3CCCO3)cc2)cc1Br. The molecule has 0 bridgehead atoms. The van der Waals surface area contributed by atoms with Crippen LogP contribution in [0.2, 0.25) is 0 Å². The lowest BCUT2D eigenvalue weighted by atomic mass is 10.2. The molecule has 2 aromatic carbocycles. The molecule has 1 fully saturated rings. The van der Waals surface area contributed by atoms with E-state index in [-0.39, 0.29) is 17.1 Å². The second-order valence-electron chi connectivity index (χ2n) is 7.73. The molecule has 0 aliphatic carbocycles. The van der Waals surface area contributed by atoms with Crippen molar-refractivity contribution in [3.63, 3.8) is 0 Å². The maximum absolute atomic E-state index is 12.5. The fourth-order valence-electron chi connectivity index (χ4n) is 2.95. The van der Waals surface area contributed by atoms with E-state index in [4.69, 9.17) is 26.4 Å². The van der Waals surface area contributed by atoms with Crippen LogP contribution in [0.5, 0.6) is 11.5 Å². The summed E-state index contributed by atoms with van der Waals surface area (Å²) in [5.74, 6) is 1.58. The molecule has 1 aliphatic heterocycles. The number of carbonyl (C=O) groups is 1. The first kappa shape index (κ1) is 23.5. The number of hydrogen-bond acceptors (Lipinski definition) is 5. The summed E-state index contributed by atoms with van der Waals surface area (Å²) in [4.78, 5) is 12.5. The lowest BCUT2D eigenvalue weighted by Gasteiger charge is -2.13. The van der Waals surface area contributed by atoms with Gasteiger partial charge in [-0.05, 0) is 89.4 Å². The smallest absolute Gasteiger partial charge is 0.257 e. The molecule has 0 radical (unpaired) electrons. The van der Waals surface area contributed by atoms with E-state index in [9.17, 15) is 4.79 Å². The quantitative estimate of drug-likeness (QED) is 0.481. The van der Waals surface area contributed by atoms with Crippen LogP contribution >= 0.6 is 28.1 Å². The third kappa shape index (κ3) is 7.48. The van der Waals surface area contributed by atoms with Crippen LogP contribution in [0.4, 0.5) is 5.69 Å². The summed E-state index contributed by atoms with van der Waals surface area (Å²) in [7, 11) is 0. The standard InChI is InChI=1S/C23H27BrN2O4S/c1-15(2)13-30-21-10-5-16(12-20(21)24)22(27)26-23(31)25-17-6-8-18(9-7-17)29-14-19-4-3-11-28-19/h5-10,12,15,19H,3-4,11,13-14H2,1-2H3,(H2,25,26,27,31). The minimum Gasteiger partial charge on any atom is -0.492 e. The largest absolute Gasteiger partial charge is 0.492 e. The van der Waals surface area contributed by atoms with Crippen LogP contribution in [0.25, 0.3) is 0 Å². The van der Waals surface area contributed by atoms with E-state index in [1.54, 1.807) is 18.2 Å². The van der Waals surface area contributed by atoms with Crippen LogP contribution in [0.1, 0.15) is 37.0 Å². The summed E-state index contributed by atoms with van der Waals surface area (Å²) in [6.45, 7) is 6.13. The molecule has 0 saturated carbocycles. The lowest BCUT2D eigenvalue weighted by Crippen LogP contribution is -2.34. The van der Waals surface area contributed by atoms with Crippen LogP contribution < -0.4 is 20.1 Å². The Kier molecular flexibility index (Phi) is 8.69. The number of ether oxygens (including phenoxy) is 3. The Morgan fingerprint density at radius 1 is 1.23 bits per heavy atom. The first-order valence-electron chi connectivity index (χ1n) is 10.3. The maximum atomic E-state index is 12.5. The van der Waals surface area contributed by atoms with Crippen molar-refractivity contribution in [2.75, 3.05) is 25.1 Å². The van der Waals surface area contributed by atoms with Gasteiger partial charge in [-0.2, -0.15) is 0 Å². The summed E-state index contributed by atoms with van der Waals surface area (Å²) in [5.41, 5.74) is 1.24. The number of benzene rings is 2. The van der Waals surface area contributed by atoms with Crippen molar-refractivity contribution in [1.82, 2.24) is 5.32 Å². The minimum absolute atomic E-state index is 0.177. The second-order valence-corrected chi connectivity index (χ2v) is 8.99. The van der Waals surface area contributed by atoms with E-state index in [1.165, 1.54) is 0 Å². The number of rotatable bonds is 8. The molecule has 2 N–H and O–H groups in total. The molecule has 1 atom stereocenters. The number of thiocarbonyl (C=S) groups is 1. The van der Waals surface area contributed by atoms with Crippen molar-refractivity contribution in [3.05, 3.63) is 52.5 Å². The molecule has 1 amide bonds. The minimum atomic E-state index is -0.301. The molecule has 1 unspecified atom stereocenters. The summed E-state index contributed by atoms with van der Waals surface area (Å²) in [6.07, 6.45) is 2.31. The highest BCUT2D eigenvalue weighted by molar-refractivity contribution is 9.10. The van der Waals surface area contributed by atoms with Crippen LogP contribution in [-0.2, 0) is 4.74 Å². The number of amides is 1. The highest BCUT2D eigenvalue weighted by Crippen LogP contribution is 2.26. The van der Waals surface area contributed by atoms with Gasteiger partial charge < -0.3 is 19.5 Å². The normalized spacial score (nSPS) is 15.5. The monoisotopic (exact) mass is 506 g/mol. The number of nitrogens with one attached hydrogen (secondary N) is 2. The van der Waals surface area contributed by atoms with Gasteiger partial charge in [0.15, 0.2) is 5.11 Å². The van der Waals surface area contributed by atoms with E-state index in [1.807, 2.05) is 24.3 Å². The van der Waals surface area contributed by atoms with Gasteiger partial charge in [0, 0.05) is 17.9 Å². The summed E-state index contributed by atoms with van der Waals surface area (Å²) in [6, 6.07) is 12.6. The molecule has 1 saturated heterocycles. The van der Waals surface area contributed by atoms with Gasteiger partial charge in [0.2, 0.25) is 0 Å². The number of hydrogen-bond donors (Lipinski definition) is 2. The van der Waals surface area contributed by atoms with E-state index in [0.29, 0.717) is 30.4 Å². The van der Waals surface area contributed by atoms with Crippen LogP contribution in [0.15, 0.2) is 46.9 Å². The third-order valence-corrected chi connectivity index (χ3v) is 5.39. The Hall–Kier alpha value is -2.16. The molecule has 0 aromatic heterocycles. The number of halogens is 1. The van der Waals surface area contributed by atoms with E-state index >= 15 is 0 Å². The topological polar surface area (TPSA) is 68.8 Å². The second kappa shape index (κ2) is 11.5. The van der Waals surface area contributed by atoms with Crippen LogP contribution in [-0.4, -0.2) is 36.9 Å². The van der Waals surface area contributed by atoms with E-state index < -0.39 is 0 Å². The zero-order valence-corrected chi connectivity index (χ0v) is 20.1. The van der Waals surface area contributed by atoms with Crippen molar-refractivity contribution >= 4 is 44.9 Å². The van der Waals surface area contributed by atoms with Gasteiger partial charge >= 0.3 is 0 Å². The first-order chi connectivity index (χ1) is 14.9. The Balaban J connectivity index is 1.48. The molecule has 1 aliphatic rings. The summed E-state index contributed by atoms with van der Waals surface area (Å²) < 4.78 is 17.7. The van der Waals surface area contributed by atoms with Gasteiger partial charge in [-0.15, -0.1) is 0 Å². The molecule has 1 heterocycles. The van der Waals surface area contributed by atoms with E-state index in [0.717, 1.165) is 35.4 Å². The fourth-order valence-corrected chi connectivity index (χ4v) is 3.66.